The third kappa shape index (κ3) is 2.66. The molecule has 0 saturated carbocycles. The lowest BCUT2D eigenvalue weighted by Crippen LogP contribution is -2.15. The van der Waals surface area contributed by atoms with Gasteiger partial charge in [-0.2, -0.15) is 0 Å². The second-order valence-corrected chi connectivity index (χ2v) is 6.32. The summed E-state index contributed by atoms with van der Waals surface area (Å²) in [5.74, 6) is -0.0468. The smallest absolute Gasteiger partial charge is 0.218 e. The summed E-state index contributed by atoms with van der Waals surface area (Å²) >= 11 is 4.79. The van der Waals surface area contributed by atoms with Crippen molar-refractivity contribution in [2.45, 2.75) is 4.90 Å². The van der Waals surface area contributed by atoms with Crippen LogP contribution in [-0.2, 0) is 4.79 Å². The van der Waals surface area contributed by atoms with E-state index in [0.29, 0.717) is 22.6 Å². The van der Waals surface area contributed by atoms with Gasteiger partial charge in [0.15, 0.2) is 0 Å². The van der Waals surface area contributed by atoms with Crippen molar-refractivity contribution in [2.24, 2.45) is 0 Å². The lowest BCUT2D eigenvalue weighted by Gasteiger charge is -2.14. The van der Waals surface area contributed by atoms with Gasteiger partial charge in [-0.3, -0.25) is 14.5 Å². The van der Waals surface area contributed by atoms with Crippen LogP contribution in [0, 0.1) is 0 Å². The van der Waals surface area contributed by atoms with E-state index >= 15 is 0 Å². The van der Waals surface area contributed by atoms with E-state index in [2.05, 4.69) is 15.9 Å². The van der Waals surface area contributed by atoms with Gasteiger partial charge in [0.05, 0.1) is 10.6 Å². The van der Waals surface area contributed by atoms with Crippen molar-refractivity contribution in [3.63, 3.8) is 0 Å². The molecular formula is C16H10BrNO2S. The second kappa shape index (κ2) is 5.87. The van der Waals surface area contributed by atoms with Crippen LogP contribution in [0.25, 0.3) is 0 Å². The number of allylic oxidation sites excluding steroid dienone is 1. The monoisotopic (exact) mass is 359 g/mol. The minimum atomic E-state index is -0.0468. The number of thioether (sulfide) groups is 1. The van der Waals surface area contributed by atoms with Gasteiger partial charge in [-0.1, -0.05) is 36.0 Å². The lowest BCUT2D eigenvalue weighted by atomic mass is 10.1. The molecule has 1 aliphatic rings. The van der Waals surface area contributed by atoms with Gasteiger partial charge in [-0.05, 0) is 40.2 Å². The molecule has 1 aliphatic heterocycles. The van der Waals surface area contributed by atoms with Crippen molar-refractivity contribution in [3.05, 3.63) is 69.7 Å². The molecule has 0 aliphatic carbocycles. The molecule has 3 nitrogen and oxygen atoms in total. The topological polar surface area (TPSA) is 37.4 Å². The molecule has 0 aromatic heterocycles. The lowest BCUT2D eigenvalue weighted by molar-refractivity contribution is -0.106. The quantitative estimate of drug-likeness (QED) is 0.607. The third-order valence-electron chi connectivity index (χ3n) is 3.08. The first kappa shape index (κ1) is 14.1. The number of para-hydroxylation sites is 1. The van der Waals surface area contributed by atoms with Gasteiger partial charge in [0.25, 0.3) is 0 Å². The summed E-state index contributed by atoms with van der Waals surface area (Å²) in [6.45, 7) is 0. The minimum Gasteiger partial charge on any atom is -0.288 e. The van der Waals surface area contributed by atoms with E-state index in [-0.39, 0.29) is 5.78 Å². The first-order valence-corrected chi connectivity index (χ1v) is 7.83. The number of fused-ring (bicyclic) bond motifs is 1. The summed E-state index contributed by atoms with van der Waals surface area (Å²) in [6.07, 6.45) is 2.28. The fourth-order valence-electron chi connectivity index (χ4n) is 2.07. The maximum absolute atomic E-state index is 12.3. The highest BCUT2D eigenvalue weighted by Crippen LogP contribution is 2.40. The molecular weight excluding hydrogens is 350 g/mol. The Morgan fingerprint density at radius 3 is 2.48 bits per heavy atom. The highest BCUT2D eigenvalue weighted by Gasteiger charge is 2.26. The molecule has 3 rings (SSSR count). The number of halogens is 1. The number of Topliss-reactive ketones (excluding diaryl/α,β-unsaturated/α-hetero) is 1. The largest absolute Gasteiger partial charge is 0.288 e. The molecule has 1 amide bonds. The van der Waals surface area contributed by atoms with E-state index in [0.717, 1.165) is 9.37 Å². The zero-order valence-electron chi connectivity index (χ0n) is 10.8. The molecule has 5 heteroatoms. The van der Waals surface area contributed by atoms with Crippen LogP contribution >= 0.6 is 27.7 Å². The third-order valence-corrected chi connectivity index (χ3v) is 4.83. The van der Waals surface area contributed by atoms with E-state index in [1.807, 2.05) is 42.5 Å². The summed E-state index contributed by atoms with van der Waals surface area (Å²) in [5.41, 5.74) is 1.39. The Morgan fingerprint density at radius 2 is 1.76 bits per heavy atom. The van der Waals surface area contributed by atoms with Crippen molar-refractivity contribution in [1.82, 2.24) is 0 Å². The van der Waals surface area contributed by atoms with Crippen molar-refractivity contribution in [3.8, 4) is 0 Å². The number of hydrogen-bond donors (Lipinski definition) is 0. The summed E-state index contributed by atoms with van der Waals surface area (Å²) in [6, 6.07) is 14.8. The Balaban J connectivity index is 1.97. The van der Waals surface area contributed by atoms with Crippen LogP contribution in [0.1, 0.15) is 10.4 Å². The maximum atomic E-state index is 12.3. The first-order valence-electron chi connectivity index (χ1n) is 6.22. The number of hydrogen-bond acceptors (Lipinski definition) is 3. The molecule has 1 heterocycles. The zero-order valence-corrected chi connectivity index (χ0v) is 13.2. The highest BCUT2D eigenvalue weighted by atomic mass is 79.9. The molecule has 0 atom stereocenters. The van der Waals surface area contributed by atoms with Crippen LogP contribution in [-0.4, -0.2) is 12.2 Å². The van der Waals surface area contributed by atoms with E-state index in [1.165, 1.54) is 16.7 Å². The standard InChI is InChI=1S/C16H10BrNO2S/c17-12-6-2-3-7-13(12)18(10-19)9-15-16(20)11-5-1-4-8-14(11)21-15/h1-10H/b15-9-. The van der Waals surface area contributed by atoms with E-state index in [4.69, 9.17) is 0 Å². The molecule has 0 fully saturated rings. The average Bonchev–Trinajstić information content (AvgIpc) is 2.82. The zero-order chi connectivity index (χ0) is 14.8. The molecule has 0 unspecified atom stereocenters. The van der Waals surface area contributed by atoms with Crippen molar-refractivity contribution >= 4 is 45.6 Å². The number of rotatable bonds is 3. The van der Waals surface area contributed by atoms with Gasteiger partial charge < -0.3 is 0 Å². The maximum Gasteiger partial charge on any atom is 0.218 e. The van der Waals surface area contributed by atoms with Crippen molar-refractivity contribution < 1.29 is 9.59 Å². The SMILES string of the molecule is O=CN(/C=C1\Sc2ccccc2C1=O)c1ccccc1Br. The number of ketones is 1. The number of nitrogens with zero attached hydrogens (tertiary/aromatic N) is 1. The van der Waals surface area contributed by atoms with E-state index in [1.54, 1.807) is 12.3 Å². The Labute approximate surface area is 134 Å². The van der Waals surface area contributed by atoms with Crippen LogP contribution in [0.15, 0.2) is 69.0 Å². The fraction of sp³-hybridized carbons (Fsp3) is 0. The minimum absolute atomic E-state index is 0.0468. The van der Waals surface area contributed by atoms with Crippen LogP contribution in [0.2, 0.25) is 0 Å². The Bertz CT molecular complexity index is 757. The summed E-state index contributed by atoms with van der Waals surface area (Å²) < 4.78 is 0.793. The molecule has 104 valence electrons. The summed E-state index contributed by atoms with van der Waals surface area (Å²) in [4.78, 5) is 26.6. The van der Waals surface area contributed by atoms with Crippen molar-refractivity contribution in [2.75, 3.05) is 4.90 Å². The van der Waals surface area contributed by atoms with Crippen LogP contribution in [0.4, 0.5) is 5.69 Å². The van der Waals surface area contributed by atoms with Gasteiger partial charge in [-0.25, -0.2) is 0 Å². The van der Waals surface area contributed by atoms with E-state index in [9.17, 15) is 9.59 Å². The molecule has 2 aromatic rings. The predicted molar refractivity (Wildman–Crippen MR) is 87.4 cm³/mol. The van der Waals surface area contributed by atoms with Gasteiger partial charge in [-0.15, -0.1) is 0 Å². The van der Waals surface area contributed by atoms with Crippen LogP contribution in [0.3, 0.4) is 0 Å². The fourth-order valence-corrected chi connectivity index (χ4v) is 3.58. The number of amides is 1. The first-order chi connectivity index (χ1) is 10.2. The normalized spacial score (nSPS) is 15.1. The molecule has 0 saturated heterocycles. The predicted octanol–water partition coefficient (Wildman–Crippen LogP) is 4.24. The Morgan fingerprint density at radius 1 is 1.05 bits per heavy atom. The molecule has 0 radical (unpaired) electrons. The van der Waals surface area contributed by atoms with Gasteiger partial charge in [0.1, 0.15) is 0 Å². The molecule has 0 N–H and O–H groups in total. The number of benzene rings is 2. The van der Waals surface area contributed by atoms with Crippen molar-refractivity contribution in [1.29, 1.82) is 0 Å². The Kier molecular flexibility index (Phi) is 3.94. The number of carbonyl (C=O) groups is 2. The molecule has 2 aromatic carbocycles. The molecule has 0 bridgehead atoms. The van der Waals surface area contributed by atoms with Gasteiger partial charge in [0.2, 0.25) is 12.2 Å². The van der Waals surface area contributed by atoms with Crippen LogP contribution < -0.4 is 4.90 Å². The molecule has 21 heavy (non-hydrogen) atoms. The summed E-state index contributed by atoms with van der Waals surface area (Å²) in [5, 5.41) is 0. The summed E-state index contributed by atoms with van der Waals surface area (Å²) in [7, 11) is 0. The number of carbonyl (C=O) groups excluding carboxylic acids is 2. The number of anilines is 1. The molecule has 0 spiro atoms. The second-order valence-electron chi connectivity index (χ2n) is 4.38. The highest BCUT2D eigenvalue weighted by molar-refractivity contribution is 9.10. The Hall–Kier alpha value is -1.85. The van der Waals surface area contributed by atoms with Gasteiger partial charge >= 0.3 is 0 Å². The average molecular weight is 360 g/mol. The van der Waals surface area contributed by atoms with E-state index < -0.39 is 0 Å². The van der Waals surface area contributed by atoms with Crippen LogP contribution in [0.5, 0.6) is 0 Å². The van der Waals surface area contributed by atoms with Gasteiger partial charge in [0, 0.05) is 21.1 Å².